The third-order valence-corrected chi connectivity index (χ3v) is 5.07. The number of benzene rings is 2. The smallest absolute Gasteiger partial charge is 0.322 e. The Hall–Kier alpha value is -2.82. The summed E-state index contributed by atoms with van der Waals surface area (Å²) in [7, 11) is 0. The number of nitrogens with zero attached hydrogens (tertiary/aromatic N) is 1. The zero-order chi connectivity index (χ0) is 18.1. The number of hydrogen-bond donors (Lipinski definition) is 2. The SMILES string of the molecule is Cc1ccc(C(=O)NC2CC2)cc1NC(=O)N1CCc2ccccc2C1. The molecule has 5 nitrogen and oxygen atoms in total. The van der Waals surface area contributed by atoms with Crippen molar-refractivity contribution < 1.29 is 9.59 Å². The minimum Gasteiger partial charge on any atom is -0.349 e. The van der Waals surface area contributed by atoms with E-state index in [4.69, 9.17) is 0 Å². The Labute approximate surface area is 153 Å². The Morgan fingerprint density at radius 1 is 1.08 bits per heavy atom. The van der Waals surface area contributed by atoms with E-state index in [1.807, 2.05) is 30.0 Å². The van der Waals surface area contributed by atoms with E-state index in [1.54, 1.807) is 12.1 Å². The predicted octanol–water partition coefficient (Wildman–Crippen LogP) is 3.48. The highest BCUT2D eigenvalue weighted by Gasteiger charge is 2.24. The average Bonchev–Trinajstić information content (AvgIpc) is 3.47. The molecule has 0 atom stereocenters. The van der Waals surface area contributed by atoms with Crippen molar-refractivity contribution in [3.8, 4) is 0 Å². The van der Waals surface area contributed by atoms with Crippen molar-refractivity contribution in [3.05, 3.63) is 64.7 Å². The largest absolute Gasteiger partial charge is 0.349 e. The van der Waals surface area contributed by atoms with Gasteiger partial charge in [0.2, 0.25) is 0 Å². The summed E-state index contributed by atoms with van der Waals surface area (Å²) in [6.07, 6.45) is 2.97. The van der Waals surface area contributed by atoms with Crippen LogP contribution in [0.4, 0.5) is 10.5 Å². The lowest BCUT2D eigenvalue weighted by atomic mass is 10.0. The van der Waals surface area contributed by atoms with Crippen molar-refractivity contribution in [2.24, 2.45) is 0 Å². The van der Waals surface area contributed by atoms with E-state index >= 15 is 0 Å². The van der Waals surface area contributed by atoms with Crippen LogP contribution in [0.15, 0.2) is 42.5 Å². The van der Waals surface area contributed by atoms with E-state index in [-0.39, 0.29) is 11.9 Å². The summed E-state index contributed by atoms with van der Waals surface area (Å²) >= 11 is 0. The molecule has 0 unspecified atom stereocenters. The van der Waals surface area contributed by atoms with Gasteiger partial charge in [0, 0.05) is 30.4 Å². The van der Waals surface area contributed by atoms with E-state index < -0.39 is 0 Å². The minimum absolute atomic E-state index is 0.0742. The van der Waals surface area contributed by atoms with Gasteiger partial charge in [0.1, 0.15) is 0 Å². The maximum Gasteiger partial charge on any atom is 0.322 e. The normalized spacial score (nSPS) is 16.0. The number of hydrogen-bond acceptors (Lipinski definition) is 2. The van der Waals surface area contributed by atoms with Gasteiger partial charge in [-0.15, -0.1) is 0 Å². The van der Waals surface area contributed by atoms with Crippen LogP contribution in [0.25, 0.3) is 0 Å². The molecule has 1 heterocycles. The van der Waals surface area contributed by atoms with Crippen molar-refractivity contribution in [3.63, 3.8) is 0 Å². The van der Waals surface area contributed by atoms with Gasteiger partial charge in [0.25, 0.3) is 5.91 Å². The van der Waals surface area contributed by atoms with Gasteiger partial charge in [-0.3, -0.25) is 4.79 Å². The molecular formula is C21H23N3O2. The fraction of sp³-hybridized carbons (Fsp3) is 0.333. The van der Waals surface area contributed by atoms with E-state index in [0.717, 1.165) is 24.8 Å². The zero-order valence-corrected chi connectivity index (χ0v) is 14.9. The highest BCUT2D eigenvalue weighted by Crippen LogP contribution is 2.23. The first-order valence-corrected chi connectivity index (χ1v) is 9.14. The lowest BCUT2D eigenvalue weighted by molar-refractivity contribution is 0.0951. The first kappa shape index (κ1) is 16.6. The molecule has 5 heteroatoms. The fourth-order valence-corrected chi connectivity index (χ4v) is 3.26. The van der Waals surface area contributed by atoms with E-state index in [1.165, 1.54) is 11.1 Å². The molecule has 0 radical (unpaired) electrons. The van der Waals surface area contributed by atoms with Crippen LogP contribution in [0.1, 0.15) is 39.9 Å². The highest BCUT2D eigenvalue weighted by atomic mass is 16.2. The summed E-state index contributed by atoms with van der Waals surface area (Å²) in [6, 6.07) is 13.9. The number of rotatable bonds is 3. The molecule has 2 aliphatic rings. The van der Waals surface area contributed by atoms with Gasteiger partial charge in [0.05, 0.1) is 0 Å². The van der Waals surface area contributed by atoms with Crippen LogP contribution in [-0.4, -0.2) is 29.4 Å². The van der Waals surface area contributed by atoms with Crippen molar-refractivity contribution in [1.82, 2.24) is 10.2 Å². The van der Waals surface area contributed by atoms with Crippen LogP contribution in [0.2, 0.25) is 0 Å². The number of amides is 3. The summed E-state index contributed by atoms with van der Waals surface area (Å²) in [5.74, 6) is -0.0742. The van der Waals surface area contributed by atoms with E-state index in [2.05, 4.69) is 22.8 Å². The van der Waals surface area contributed by atoms with Crippen molar-refractivity contribution in [2.75, 3.05) is 11.9 Å². The number of aryl methyl sites for hydroxylation is 1. The summed E-state index contributed by atoms with van der Waals surface area (Å²) in [6.45, 7) is 3.25. The molecule has 1 aliphatic carbocycles. The van der Waals surface area contributed by atoms with Gasteiger partial charge in [-0.05, 0) is 55.0 Å². The van der Waals surface area contributed by atoms with Gasteiger partial charge < -0.3 is 15.5 Å². The van der Waals surface area contributed by atoms with Crippen LogP contribution in [0.5, 0.6) is 0 Å². The molecule has 3 amide bonds. The van der Waals surface area contributed by atoms with Crippen LogP contribution in [0, 0.1) is 6.92 Å². The van der Waals surface area contributed by atoms with Crippen molar-refractivity contribution in [2.45, 2.75) is 38.8 Å². The van der Waals surface area contributed by atoms with E-state index in [9.17, 15) is 9.59 Å². The Bertz CT molecular complexity index is 858. The third-order valence-electron chi connectivity index (χ3n) is 5.07. The number of urea groups is 1. The number of carbonyl (C=O) groups is 2. The van der Waals surface area contributed by atoms with Crippen molar-refractivity contribution in [1.29, 1.82) is 0 Å². The molecule has 0 spiro atoms. The molecule has 2 aromatic rings. The monoisotopic (exact) mass is 349 g/mol. The van der Waals surface area contributed by atoms with Crippen molar-refractivity contribution >= 4 is 17.6 Å². The predicted molar refractivity (Wildman–Crippen MR) is 101 cm³/mol. The topological polar surface area (TPSA) is 61.4 Å². The summed E-state index contributed by atoms with van der Waals surface area (Å²) in [5, 5.41) is 5.96. The Morgan fingerprint density at radius 2 is 1.85 bits per heavy atom. The van der Waals surface area contributed by atoms with E-state index in [0.29, 0.717) is 30.4 Å². The maximum absolute atomic E-state index is 12.7. The molecule has 0 aromatic heterocycles. The number of carbonyl (C=O) groups excluding carboxylic acids is 2. The minimum atomic E-state index is -0.123. The zero-order valence-electron chi connectivity index (χ0n) is 14.9. The molecule has 2 aromatic carbocycles. The van der Waals surface area contributed by atoms with Gasteiger partial charge in [-0.2, -0.15) is 0 Å². The standard InChI is InChI=1S/C21H23N3O2/c1-14-6-7-16(20(25)22-18-8-9-18)12-19(14)23-21(26)24-11-10-15-4-2-3-5-17(15)13-24/h2-7,12,18H,8-11,13H2,1H3,(H,22,25)(H,23,26). The fourth-order valence-electron chi connectivity index (χ4n) is 3.26. The number of nitrogens with one attached hydrogen (secondary N) is 2. The Kier molecular flexibility index (Phi) is 4.37. The van der Waals surface area contributed by atoms with Gasteiger partial charge in [-0.25, -0.2) is 4.79 Å². The lowest BCUT2D eigenvalue weighted by Gasteiger charge is -2.29. The second kappa shape index (κ2) is 6.83. The second-order valence-electron chi connectivity index (χ2n) is 7.15. The highest BCUT2D eigenvalue weighted by molar-refractivity contribution is 5.97. The summed E-state index contributed by atoms with van der Waals surface area (Å²) in [5.41, 5.74) is 4.73. The molecular weight excluding hydrogens is 326 g/mol. The maximum atomic E-state index is 12.7. The molecule has 1 aliphatic heterocycles. The molecule has 134 valence electrons. The van der Waals surface area contributed by atoms with Crippen LogP contribution >= 0.6 is 0 Å². The molecule has 0 saturated heterocycles. The molecule has 1 fully saturated rings. The lowest BCUT2D eigenvalue weighted by Crippen LogP contribution is -2.39. The molecule has 0 bridgehead atoms. The molecule has 2 N–H and O–H groups in total. The second-order valence-corrected chi connectivity index (χ2v) is 7.15. The number of fused-ring (bicyclic) bond motifs is 1. The average molecular weight is 349 g/mol. The molecule has 26 heavy (non-hydrogen) atoms. The van der Waals surface area contributed by atoms with Gasteiger partial charge in [0.15, 0.2) is 0 Å². The quantitative estimate of drug-likeness (QED) is 0.891. The first-order valence-electron chi connectivity index (χ1n) is 9.14. The Balaban J connectivity index is 1.46. The first-order chi connectivity index (χ1) is 12.6. The summed E-state index contributed by atoms with van der Waals surface area (Å²) < 4.78 is 0. The Morgan fingerprint density at radius 3 is 2.62 bits per heavy atom. The van der Waals surface area contributed by atoms with Crippen LogP contribution in [0.3, 0.4) is 0 Å². The van der Waals surface area contributed by atoms with Gasteiger partial charge >= 0.3 is 6.03 Å². The van der Waals surface area contributed by atoms with Crippen LogP contribution < -0.4 is 10.6 Å². The third kappa shape index (κ3) is 3.57. The summed E-state index contributed by atoms with van der Waals surface area (Å²) in [4.78, 5) is 26.8. The van der Waals surface area contributed by atoms with Crippen LogP contribution in [-0.2, 0) is 13.0 Å². The number of anilines is 1. The molecule has 4 rings (SSSR count). The molecule has 1 saturated carbocycles. The van der Waals surface area contributed by atoms with Gasteiger partial charge in [-0.1, -0.05) is 30.3 Å².